The number of benzene rings is 1. The summed E-state index contributed by atoms with van der Waals surface area (Å²) in [6.45, 7) is 3.42. The molecule has 4 nitrogen and oxygen atoms in total. The van der Waals surface area contributed by atoms with Crippen LogP contribution in [0.5, 0.6) is 0 Å². The van der Waals surface area contributed by atoms with Gasteiger partial charge in [0.1, 0.15) is 0 Å². The standard InChI is InChI=1S/C16H25NO3/c1-3-4-13-5-7-14(8-6-13)11-15(12-16(18)19)17-9-10-20-2/h5-8,15,17H,3-4,9-12H2,1-2H3,(H,18,19). The van der Waals surface area contributed by atoms with Crippen LogP contribution in [0.3, 0.4) is 0 Å². The van der Waals surface area contributed by atoms with Gasteiger partial charge in [0.15, 0.2) is 0 Å². The first-order chi connectivity index (χ1) is 9.65. The van der Waals surface area contributed by atoms with Crippen LogP contribution in [0.2, 0.25) is 0 Å². The summed E-state index contributed by atoms with van der Waals surface area (Å²) in [5, 5.41) is 12.2. The number of nitrogens with one attached hydrogen (secondary N) is 1. The normalized spacial score (nSPS) is 12.3. The molecule has 0 fully saturated rings. The summed E-state index contributed by atoms with van der Waals surface area (Å²) in [7, 11) is 1.64. The molecule has 0 amide bonds. The van der Waals surface area contributed by atoms with E-state index in [2.05, 4.69) is 36.5 Å². The largest absolute Gasteiger partial charge is 0.481 e. The Morgan fingerprint density at radius 2 is 1.95 bits per heavy atom. The number of aryl methyl sites for hydroxylation is 1. The van der Waals surface area contributed by atoms with Crippen molar-refractivity contribution in [3.05, 3.63) is 35.4 Å². The van der Waals surface area contributed by atoms with Crippen molar-refractivity contribution >= 4 is 5.97 Å². The number of carboxylic acids is 1. The van der Waals surface area contributed by atoms with Crippen molar-refractivity contribution in [1.82, 2.24) is 5.32 Å². The third kappa shape index (κ3) is 6.68. The fourth-order valence-corrected chi connectivity index (χ4v) is 2.21. The quantitative estimate of drug-likeness (QED) is 0.645. The number of methoxy groups -OCH3 is 1. The summed E-state index contributed by atoms with van der Waals surface area (Å²) in [6.07, 6.45) is 3.08. The van der Waals surface area contributed by atoms with Crippen LogP contribution in [0.1, 0.15) is 30.9 Å². The molecule has 0 saturated heterocycles. The van der Waals surface area contributed by atoms with E-state index in [1.54, 1.807) is 7.11 Å². The second kappa shape index (κ2) is 9.50. The van der Waals surface area contributed by atoms with Gasteiger partial charge in [-0.3, -0.25) is 4.79 Å². The topological polar surface area (TPSA) is 58.6 Å². The van der Waals surface area contributed by atoms with E-state index in [4.69, 9.17) is 9.84 Å². The summed E-state index contributed by atoms with van der Waals surface area (Å²) < 4.78 is 4.98. The lowest BCUT2D eigenvalue weighted by Crippen LogP contribution is -2.35. The van der Waals surface area contributed by atoms with Gasteiger partial charge in [-0.15, -0.1) is 0 Å². The van der Waals surface area contributed by atoms with Gasteiger partial charge in [-0.05, 0) is 24.0 Å². The zero-order valence-corrected chi connectivity index (χ0v) is 12.4. The molecule has 1 rings (SSSR count). The maximum Gasteiger partial charge on any atom is 0.304 e. The van der Waals surface area contributed by atoms with Crippen LogP contribution in [0.4, 0.5) is 0 Å². The first-order valence-electron chi connectivity index (χ1n) is 7.17. The Labute approximate surface area is 121 Å². The molecule has 1 aromatic carbocycles. The highest BCUT2D eigenvalue weighted by Crippen LogP contribution is 2.10. The molecule has 0 heterocycles. The fourth-order valence-electron chi connectivity index (χ4n) is 2.21. The van der Waals surface area contributed by atoms with Crippen LogP contribution in [0, 0.1) is 0 Å². The van der Waals surface area contributed by atoms with Crippen molar-refractivity contribution < 1.29 is 14.6 Å². The van der Waals surface area contributed by atoms with Crippen molar-refractivity contribution in [1.29, 1.82) is 0 Å². The van der Waals surface area contributed by atoms with Gasteiger partial charge in [-0.1, -0.05) is 37.6 Å². The Morgan fingerprint density at radius 3 is 2.50 bits per heavy atom. The molecule has 0 aliphatic carbocycles. The molecule has 112 valence electrons. The highest BCUT2D eigenvalue weighted by Gasteiger charge is 2.13. The van der Waals surface area contributed by atoms with Gasteiger partial charge < -0.3 is 15.2 Å². The summed E-state index contributed by atoms with van der Waals surface area (Å²) >= 11 is 0. The van der Waals surface area contributed by atoms with E-state index in [-0.39, 0.29) is 12.5 Å². The third-order valence-electron chi connectivity index (χ3n) is 3.20. The molecule has 0 aromatic heterocycles. The van der Waals surface area contributed by atoms with Crippen LogP contribution in [0.25, 0.3) is 0 Å². The van der Waals surface area contributed by atoms with E-state index < -0.39 is 5.97 Å². The molecule has 4 heteroatoms. The lowest BCUT2D eigenvalue weighted by molar-refractivity contribution is -0.137. The summed E-state index contributed by atoms with van der Waals surface area (Å²) in [4.78, 5) is 10.9. The van der Waals surface area contributed by atoms with Crippen molar-refractivity contribution in [3.8, 4) is 0 Å². The Hall–Kier alpha value is -1.39. The van der Waals surface area contributed by atoms with Gasteiger partial charge in [0.2, 0.25) is 0 Å². The van der Waals surface area contributed by atoms with E-state index in [0.29, 0.717) is 13.2 Å². The molecule has 0 spiro atoms. The number of aliphatic carboxylic acids is 1. The molecule has 0 aliphatic heterocycles. The van der Waals surface area contributed by atoms with Crippen molar-refractivity contribution in [2.75, 3.05) is 20.3 Å². The number of rotatable bonds is 10. The molecule has 0 radical (unpaired) electrons. The molecule has 0 bridgehead atoms. The Balaban J connectivity index is 2.55. The minimum Gasteiger partial charge on any atom is -0.481 e. The molecular weight excluding hydrogens is 254 g/mol. The molecule has 2 N–H and O–H groups in total. The average molecular weight is 279 g/mol. The Morgan fingerprint density at radius 1 is 1.30 bits per heavy atom. The number of ether oxygens (including phenoxy) is 1. The minimum atomic E-state index is -0.775. The number of carboxylic acid groups (broad SMARTS) is 1. The van der Waals surface area contributed by atoms with Crippen LogP contribution in [0.15, 0.2) is 24.3 Å². The maximum absolute atomic E-state index is 10.9. The highest BCUT2D eigenvalue weighted by molar-refractivity contribution is 5.67. The average Bonchev–Trinajstić information content (AvgIpc) is 2.41. The first kappa shape index (κ1) is 16.7. The zero-order chi connectivity index (χ0) is 14.8. The third-order valence-corrected chi connectivity index (χ3v) is 3.20. The van der Waals surface area contributed by atoms with Crippen molar-refractivity contribution in [2.45, 2.75) is 38.6 Å². The Bertz CT molecular complexity index is 389. The second-order valence-corrected chi connectivity index (χ2v) is 5.01. The summed E-state index contributed by atoms with van der Waals surface area (Å²) in [5.41, 5.74) is 2.50. The van der Waals surface area contributed by atoms with Crippen LogP contribution < -0.4 is 5.32 Å². The Kier molecular flexibility index (Phi) is 7.92. The second-order valence-electron chi connectivity index (χ2n) is 5.01. The van der Waals surface area contributed by atoms with Gasteiger partial charge in [0, 0.05) is 19.7 Å². The van der Waals surface area contributed by atoms with Crippen LogP contribution in [-0.2, 0) is 22.4 Å². The van der Waals surface area contributed by atoms with Gasteiger partial charge in [-0.25, -0.2) is 0 Å². The lowest BCUT2D eigenvalue weighted by Gasteiger charge is -2.17. The number of hydrogen-bond donors (Lipinski definition) is 2. The molecule has 0 aliphatic rings. The summed E-state index contributed by atoms with van der Waals surface area (Å²) in [5.74, 6) is -0.775. The smallest absolute Gasteiger partial charge is 0.304 e. The van der Waals surface area contributed by atoms with E-state index in [1.165, 1.54) is 11.1 Å². The van der Waals surface area contributed by atoms with Crippen molar-refractivity contribution in [2.24, 2.45) is 0 Å². The monoisotopic (exact) mass is 279 g/mol. The lowest BCUT2D eigenvalue weighted by atomic mass is 10.0. The molecular formula is C16H25NO3. The molecule has 1 atom stereocenters. The van der Waals surface area contributed by atoms with E-state index in [9.17, 15) is 4.79 Å². The van der Waals surface area contributed by atoms with Crippen LogP contribution in [-0.4, -0.2) is 37.4 Å². The number of hydrogen-bond acceptors (Lipinski definition) is 3. The van der Waals surface area contributed by atoms with E-state index in [0.717, 1.165) is 19.3 Å². The van der Waals surface area contributed by atoms with Gasteiger partial charge in [0.25, 0.3) is 0 Å². The predicted octanol–water partition coefficient (Wildman–Crippen LogP) is 2.26. The van der Waals surface area contributed by atoms with Gasteiger partial charge in [0.05, 0.1) is 13.0 Å². The highest BCUT2D eigenvalue weighted by atomic mass is 16.5. The molecule has 1 aromatic rings. The van der Waals surface area contributed by atoms with Crippen molar-refractivity contribution in [3.63, 3.8) is 0 Å². The SMILES string of the molecule is CCCc1ccc(CC(CC(=O)O)NCCOC)cc1. The van der Waals surface area contributed by atoms with E-state index in [1.807, 2.05) is 0 Å². The molecule has 0 saturated carbocycles. The molecule has 1 unspecified atom stereocenters. The van der Waals surface area contributed by atoms with Crippen LogP contribution >= 0.6 is 0 Å². The molecule has 20 heavy (non-hydrogen) atoms. The maximum atomic E-state index is 10.9. The van der Waals surface area contributed by atoms with Gasteiger partial charge in [-0.2, -0.15) is 0 Å². The zero-order valence-electron chi connectivity index (χ0n) is 12.4. The summed E-state index contributed by atoms with van der Waals surface area (Å²) in [6, 6.07) is 8.40. The first-order valence-corrected chi connectivity index (χ1v) is 7.17. The predicted molar refractivity (Wildman–Crippen MR) is 80.1 cm³/mol. The van der Waals surface area contributed by atoms with Gasteiger partial charge >= 0.3 is 5.97 Å². The minimum absolute atomic E-state index is 0.0559. The van der Waals surface area contributed by atoms with E-state index >= 15 is 0 Å². The fraction of sp³-hybridized carbons (Fsp3) is 0.562. The number of carbonyl (C=O) groups is 1.